The van der Waals surface area contributed by atoms with Crippen LogP contribution in [0.25, 0.3) is 0 Å². The maximum absolute atomic E-state index is 13.7. The van der Waals surface area contributed by atoms with Gasteiger partial charge in [-0.15, -0.1) is 0 Å². The molecule has 29 heavy (non-hydrogen) atoms. The molecule has 5 nitrogen and oxygen atoms in total. The maximum atomic E-state index is 13.7. The highest BCUT2D eigenvalue weighted by molar-refractivity contribution is 5.81. The molecule has 6 heteroatoms. The number of hydrogen-bond donors (Lipinski definition) is 1. The summed E-state index contributed by atoms with van der Waals surface area (Å²) >= 11 is 0. The molecule has 0 aromatic rings. The Morgan fingerprint density at radius 2 is 1.90 bits per heavy atom. The lowest BCUT2D eigenvalue weighted by atomic mass is 9.57. The molecule has 1 N–H and O–H groups in total. The van der Waals surface area contributed by atoms with E-state index in [0.29, 0.717) is 5.92 Å². The van der Waals surface area contributed by atoms with Crippen LogP contribution in [0.4, 0.5) is 9.18 Å². The van der Waals surface area contributed by atoms with Crippen molar-refractivity contribution in [2.75, 3.05) is 0 Å². The number of ether oxygens (including phenoxy) is 2. The summed E-state index contributed by atoms with van der Waals surface area (Å²) in [6.07, 6.45) is 7.42. The number of halogens is 1. The topological polar surface area (TPSA) is 64.6 Å². The highest BCUT2D eigenvalue weighted by atomic mass is 19.1. The van der Waals surface area contributed by atoms with Crippen LogP contribution in [0.15, 0.2) is 24.1 Å². The van der Waals surface area contributed by atoms with Crippen molar-refractivity contribution in [3.63, 3.8) is 0 Å². The molecule has 0 spiro atoms. The Morgan fingerprint density at radius 3 is 2.38 bits per heavy atom. The fourth-order valence-corrected chi connectivity index (χ4v) is 4.40. The second-order valence-corrected chi connectivity index (χ2v) is 9.77. The number of allylic oxidation sites excluding steroid dienone is 4. The SMILES string of the molecule is CC1C=C(F)C=CC1(C)[C@@H](C1CCC1)[C@H](C)OC(=O)[C@H](C)NC(=O)OC(C)(C)C. The van der Waals surface area contributed by atoms with Crippen LogP contribution in [0.2, 0.25) is 0 Å². The van der Waals surface area contributed by atoms with Crippen LogP contribution in [0.1, 0.15) is 67.7 Å². The molecule has 0 radical (unpaired) electrons. The first-order valence-electron chi connectivity index (χ1n) is 10.6. The molecule has 0 aromatic heterocycles. The van der Waals surface area contributed by atoms with Crippen LogP contribution in [-0.2, 0) is 14.3 Å². The van der Waals surface area contributed by atoms with Crippen LogP contribution in [0, 0.1) is 23.2 Å². The van der Waals surface area contributed by atoms with E-state index in [9.17, 15) is 14.0 Å². The number of hydrogen-bond acceptors (Lipinski definition) is 4. The van der Waals surface area contributed by atoms with Gasteiger partial charge in [-0.25, -0.2) is 14.0 Å². The first-order valence-corrected chi connectivity index (χ1v) is 10.6. The molecule has 2 aliphatic rings. The number of alkyl carbamates (subject to hydrolysis) is 1. The van der Waals surface area contributed by atoms with Crippen LogP contribution in [-0.4, -0.2) is 29.8 Å². The van der Waals surface area contributed by atoms with Crippen molar-refractivity contribution in [1.29, 1.82) is 0 Å². The average Bonchev–Trinajstić information content (AvgIpc) is 2.52. The second kappa shape index (κ2) is 8.88. The Labute approximate surface area is 174 Å². The molecule has 0 heterocycles. The van der Waals surface area contributed by atoms with E-state index < -0.39 is 23.7 Å². The van der Waals surface area contributed by atoms with E-state index in [1.54, 1.807) is 33.8 Å². The standard InChI is InChI=1S/C23H36FNO4/c1-14-13-18(24)11-12-23(14,7)19(17-9-8-10-17)16(3)28-20(26)15(2)25-21(27)29-22(4,5)6/h11-17,19H,8-10H2,1-7H3,(H,25,27)/t14?,15-,16-,19+,23?/m0/s1. The molecule has 2 aliphatic carbocycles. The quantitative estimate of drug-likeness (QED) is 0.604. The first-order chi connectivity index (χ1) is 13.3. The average molecular weight is 410 g/mol. The van der Waals surface area contributed by atoms with E-state index in [0.717, 1.165) is 19.3 Å². The van der Waals surface area contributed by atoms with Crippen molar-refractivity contribution in [3.8, 4) is 0 Å². The summed E-state index contributed by atoms with van der Waals surface area (Å²) in [7, 11) is 0. The predicted molar refractivity (Wildman–Crippen MR) is 111 cm³/mol. The Bertz CT molecular complexity index is 677. The van der Waals surface area contributed by atoms with Gasteiger partial charge in [0.05, 0.1) is 0 Å². The smallest absolute Gasteiger partial charge is 0.408 e. The minimum atomic E-state index is -0.821. The third kappa shape index (κ3) is 5.83. The zero-order chi connectivity index (χ0) is 22.0. The van der Waals surface area contributed by atoms with Crippen LogP contribution in [0.5, 0.6) is 0 Å². The summed E-state index contributed by atoms with van der Waals surface area (Å²) in [4.78, 5) is 24.6. The van der Waals surface area contributed by atoms with Crippen LogP contribution in [0.3, 0.4) is 0 Å². The molecule has 2 rings (SSSR count). The molecule has 1 amide bonds. The van der Waals surface area contributed by atoms with Gasteiger partial charge >= 0.3 is 12.1 Å². The number of esters is 1. The molecule has 0 aromatic carbocycles. The zero-order valence-corrected chi connectivity index (χ0v) is 18.8. The molecule has 1 fully saturated rings. The highest BCUT2D eigenvalue weighted by Gasteiger charge is 2.47. The number of carbonyl (C=O) groups is 2. The van der Waals surface area contributed by atoms with E-state index >= 15 is 0 Å². The summed E-state index contributed by atoms with van der Waals surface area (Å²) in [6, 6.07) is -0.821. The van der Waals surface area contributed by atoms with E-state index in [1.165, 1.54) is 6.08 Å². The molecule has 0 bridgehead atoms. The highest BCUT2D eigenvalue weighted by Crippen LogP contribution is 2.51. The number of rotatable bonds is 6. The van der Waals surface area contributed by atoms with Crippen molar-refractivity contribution < 1.29 is 23.5 Å². The second-order valence-electron chi connectivity index (χ2n) is 9.77. The molecular formula is C23H36FNO4. The van der Waals surface area contributed by atoms with Gasteiger partial charge in [0, 0.05) is 5.92 Å². The molecule has 1 saturated carbocycles. The largest absolute Gasteiger partial charge is 0.461 e. The van der Waals surface area contributed by atoms with Gasteiger partial charge in [-0.1, -0.05) is 39.2 Å². The lowest BCUT2D eigenvalue weighted by Crippen LogP contribution is -2.49. The molecular weight excluding hydrogens is 373 g/mol. The van der Waals surface area contributed by atoms with E-state index in [4.69, 9.17) is 9.47 Å². The van der Waals surface area contributed by atoms with E-state index in [-0.39, 0.29) is 29.2 Å². The minimum absolute atomic E-state index is 0.00318. The number of nitrogens with one attached hydrogen (secondary N) is 1. The summed E-state index contributed by atoms with van der Waals surface area (Å²) in [6.45, 7) is 12.9. The fourth-order valence-electron chi connectivity index (χ4n) is 4.40. The monoisotopic (exact) mass is 409 g/mol. The van der Waals surface area contributed by atoms with Crippen molar-refractivity contribution in [2.24, 2.45) is 23.2 Å². The van der Waals surface area contributed by atoms with Crippen LogP contribution >= 0.6 is 0 Å². The van der Waals surface area contributed by atoms with Crippen LogP contribution < -0.4 is 5.32 Å². The third-order valence-electron chi connectivity index (χ3n) is 6.26. The molecule has 164 valence electrons. The summed E-state index contributed by atoms with van der Waals surface area (Å²) < 4.78 is 24.7. The van der Waals surface area contributed by atoms with Gasteiger partial charge in [0.15, 0.2) is 0 Å². The Morgan fingerprint density at radius 1 is 1.28 bits per heavy atom. The normalized spacial score (nSPS) is 27.9. The van der Waals surface area contributed by atoms with Gasteiger partial charge in [-0.05, 0) is 64.0 Å². The van der Waals surface area contributed by atoms with E-state index in [1.807, 2.05) is 19.9 Å². The summed E-state index contributed by atoms with van der Waals surface area (Å²) in [5.41, 5.74) is -0.945. The molecule has 0 saturated heterocycles. The lowest BCUT2D eigenvalue weighted by molar-refractivity contribution is -0.158. The number of amides is 1. The van der Waals surface area contributed by atoms with Crippen molar-refractivity contribution in [1.82, 2.24) is 5.32 Å². The van der Waals surface area contributed by atoms with Crippen molar-refractivity contribution in [3.05, 3.63) is 24.1 Å². The van der Waals surface area contributed by atoms with Crippen molar-refractivity contribution >= 4 is 12.1 Å². The Balaban J connectivity index is 2.07. The summed E-state index contributed by atoms with van der Waals surface area (Å²) in [5, 5.41) is 2.53. The summed E-state index contributed by atoms with van der Waals surface area (Å²) in [5.74, 6) is -0.215. The van der Waals surface area contributed by atoms with Gasteiger partial charge in [0.25, 0.3) is 0 Å². The van der Waals surface area contributed by atoms with Gasteiger partial charge < -0.3 is 14.8 Å². The Kier molecular flexibility index (Phi) is 7.18. The minimum Gasteiger partial charge on any atom is -0.461 e. The Hall–Kier alpha value is -1.85. The number of carbonyl (C=O) groups excluding carboxylic acids is 2. The van der Waals surface area contributed by atoms with Gasteiger partial charge in [0.1, 0.15) is 23.6 Å². The van der Waals surface area contributed by atoms with Gasteiger partial charge in [0.2, 0.25) is 0 Å². The fraction of sp³-hybridized carbons (Fsp3) is 0.739. The third-order valence-corrected chi connectivity index (χ3v) is 6.26. The molecule has 5 atom stereocenters. The molecule has 2 unspecified atom stereocenters. The van der Waals surface area contributed by atoms with E-state index in [2.05, 4.69) is 12.2 Å². The molecule has 0 aliphatic heterocycles. The van der Waals surface area contributed by atoms with Gasteiger partial charge in [-0.2, -0.15) is 0 Å². The van der Waals surface area contributed by atoms with Crippen molar-refractivity contribution in [2.45, 2.75) is 85.5 Å². The zero-order valence-electron chi connectivity index (χ0n) is 18.8. The lowest BCUT2D eigenvalue weighted by Gasteiger charge is -2.49. The maximum Gasteiger partial charge on any atom is 0.408 e. The van der Waals surface area contributed by atoms with Gasteiger partial charge in [-0.3, -0.25) is 0 Å². The first kappa shape index (κ1) is 23.4. The predicted octanol–water partition coefficient (Wildman–Crippen LogP) is 5.31.